The first kappa shape index (κ1) is 26.6. The molecule has 35 heavy (non-hydrogen) atoms. The second kappa shape index (κ2) is 9.91. The van der Waals surface area contributed by atoms with Crippen molar-refractivity contribution < 1.29 is 32.2 Å². The van der Waals surface area contributed by atoms with Gasteiger partial charge in [-0.25, -0.2) is 9.18 Å². The van der Waals surface area contributed by atoms with Gasteiger partial charge < -0.3 is 19.3 Å². The Bertz CT molecular complexity index is 1220. The van der Waals surface area contributed by atoms with E-state index in [1.165, 1.54) is 40.0 Å². The fourth-order valence-electron chi connectivity index (χ4n) is 3.92. The summed E-state index contributed by atoms with van der Waals surface area (Å²) >= 11 is 5.85. The molecular formula is C25H25ClF4N2O3. The molecule has 0 spiro atoms. The van der Waals surface area contributed by atoms with Crippen molar-refractivity contribution in [1.82, 2.24) is 9.47 Å². The van der Waals surface area contributed by atoms with Crippen molar-refractivity contribution in [2.24, 2.45) is 0 Å². The highest BCUT2D eigenvalue weighted by molar-refractivity contribution is 6.30. The van der Waals surface area contributed by atoms with E-state index in [0.717, 1.165) is 15.5 Å². The lowest BCUT2D eigenvalue weighted by atomic mass is 10.0. The van der Waals surface area contributed by atoms with E-state index in [2.05, 4.69) is 0 Å². The Labute approximate surface area is 205 Å². The van der Waals surface area contributed by atoms with Crippen LogP contribution in [0.3, 0.4) is 0 Å². The molecule has 2 aromatic carbocycles. The van der Waals surface area contributed by atoms with E-state index >= 15 is 0 Å². The molecule has 1 amide bonds. The first-order valence-corrected chi connectivity index (χ1v) is 11.0. The fraction of sp³-hybridized carbons (Fsp3) is 0.320. The van der Waals surface area contributed by atoms with E-state index in [1.54, 1.807) is 30.3 Å². The Morgan fingerprint density at radius 1 is 1.14 bits per heavy atom. The van der Waals surface area contributed by atoms with Gasteiger partial charge in [0.2, 0.25) is 5.88 Å². The molecule has 0 atom stereocenters. The molecule has 3 aromatic rings. The lowest BCUT2D eigenvalue weighted by Gasteiger charge is -2.25. The summed E-state index contributed by atoms with van der Waals surface area (Å²) in [7, 11) is 1.34. The summed E-state index contributed by atoms with van der Waals surface area (Å²) in [5, 5.41) is 10.1. The Morgan fingerprint density at radius 2 is 1.77 bits per heavy atom. The monoisotopic (exact) mass is 512 g/mol. The maximum Gasteiger partial charge on any atom is 0.431 e. The molecule has 0 aliphatic heterocycles. The largest absolute Gasteiger partial charge is 0.431 e. The molecule has 5 nitrogen and oxygen atoms in total. The summed E-state index contributed by atoms with van der Waals surface area (Å²) in [6, 6.07) is 11.9. The van der Waals surface area contributed by atoms with Gasteiger partial charge in [0.25, 0.3) is 0 Å². The van der Waals surface area contributed by atoms with Crippen LogP contribution in [0.4, 0.5) is 22.4 Å². The summed E-state index contributed by atoms with van der Waals surface area (Å²) in [5.41, 5.74) is -2.55. The number of halogens is 5. The topological polar surface area (TPSA) is 54.7 Å². The van der Waals surface area contributed by atoms with Gasteiger partial charge in [0.05, 0.1) is 24.3 Å². The van der Waals surface area contributed by atoms with Crippen LogP contribution in [0.2, 0.25) is 5.02 Å². The predicted molar refractivity (Wildman–Crippen MR) is 125 cm³/mol. The number of benzene rings is 2. The van der Waals surface area contributed by atoms with Crippen LogP contribution in [0.5, 0.6) is 5.88 Å². The maximum atomic E-state index is 14.9. The van der Waals surface area contributed by atoms with Crippen molar-refractivity contribution in [3.8, 4) is 17.0 Å². The quantitative estimate of drug-likeness (QED) is 0.382. The fourth-order valence-corrected chi connectivity index (χ4v) is 4.08. The second-order valence-electron chi connectivity index (χ2n) is 8.88. The van der Waals surface area contributed by atoms with E-state index in [1.807, 2.05) is 0 Å². The van der Waals surface area contributed by atoms with Crippen LogP contribution in [-0.2, 0) is 12.7 Å². The second-order valence-corrected chi connectivity index (χ2v) is 9.32. The number of alkyl halides is 3. The van der Waals surface area contributed by atoms with Gasteiger partial charge in [0.1, 0.15) is 11.5 Å². The molecule has 0 saturated carbocycles. The zero-order valence-electron chi connectivity index (χ0n) is 19.6. The molecule has 0 saturated heterocycles. The predicted octanol–water partition coefficient (Wildman–Crippen LogP) is 6.52. The number of likely N-dealkylation sites (N-methyl/N-ethyl adjacent to an activating group) is 1. The Balaban J connectivity index is 2.26. The zero-order valence-corrected chi connectivity index (χ0v) is 20.3. The number of carbonyl (C=O) groups excluding carboxylic acids is 1. The van der Waals surface area contributed by atoms with Gasteiger partial charge in [-0.05, 0) is 50.1 Å². The van der Waals surface area contributed by atoms with Gasteiger partial charge in [-0.3, -0.25) is 0 Å². The van der Waals surface area contributed by atoms with E-state index in [9.17, 15) is 27.5 Å². The molecule has 0 unspecified atom stereocenters. The maximum absolute atomic E-state index is 14.9. The highest BCUT2D eigenvalue weighted by atomic mass is 35.5. The van der Waals surface area contributed by atoms with Crippen LogP contribution < -0.4 is 4.74 Å². The Hall–Kier alpha value is -3.04. The third kappa shape index (κ3) is 6.15. The zero-order chi connectivity index (χ0) is 26.1. The number of carbonyl (C=O) groups is 1. The molecule has 1 N–H and O–H groups in total. The average Bonchev–Trinajstić information content (AvgIpc) is 2.98. The SMILES string of the molecule is Cc1c(-c2ccc(Cl)cc2F)c(OC(=O)N(C)CC(C)(C)O)n(Cc2ccccc2)c1C(F)(F)F. The van der Waals surface area contributed by atoms with Gasteiger partial charge in [0.15, 0.2) is 0 Å². The van der Waals surface area contributed by atoms with Crippen LogP contribution in [0.1, 0.15) is 30.7 Å². The third-order valence-corrected chi connectivity index (χ3v) is 5.47. The van der Waals surface area contributed by atoms with Crippen LogP contribution in [-0.4, -0.2) is 39.9 Å². The summed E-state index contributed by atoms with van der Waals surface area (Å²) in [6.07, 6.45) is -5.84. The van der Waals surface area contributed by atoms with Crippen LogP contribution in [0, 0.1) is 12.7 Å². The van der Waals surface area contributed by atoms with Crippen molar-refractivity contribution in [3.63, 3.8) is 0 Å². The number of nitrogens with zero attached hydrogens (tertiary/aromatic N) is 2. The number of ether oxygens (including phenoxy) is 1. The number of amides is 1. The molecule has 0 aliphatic rings. The lowest BCUT2D eigenvalue weighted by Crippen LogP contribution is -2.41. The molecule has 188 valence electrons. The molecular weight excluding hydrogens is 488 g/mol. The normalized spacial score (nSPS) is 12.1. The smallest absolute Gasteiger partial charge is 0.392 e. The molecule has 0 fully saturated rings. The third-order valence-electron chi connectivity index (χ3n) is 5.23. The number of rotatable bonds is 6. The van der Waals surface area contributed by atoms with E-state index < -0.39 is 35.3 Å². The van der Waals surface area contributed by atoms with E-state index in [4.69, 9.17) is 16.3 Å². The Kier molecular flexibility index (Phi) is 7.52. The summed E-state index contributed by atoms with van der Waals surface area (Å²) in [4.78, 5) is 13.9. The summed E-state index contributed by atoms with van der Waals surface area (Å²) in [5.74, 6) is -1.33. The highest BCUT2D eigenvalue weighted by Gasteiger charge is 2.41. The van der Waals surface area contributed by atoms with E-state index in [0.29, 0.717) is 5.56 Å². The van der Waals surface area contributed by atoms with Crippen LogP contribution in [0.15, 0.2) is 48.5 Å². The molecule has 10 heteroatoms. The van der Waals surface area contributed by atoms with Crippen LogP contribution in [0.25, 0.3) is 11.1 Å². The van der Waals surface area contributed by atoms with Gasteiger partial charge in [0, 0.05) is 17.6 Å². The van der Waals surface area contributed by atoms with Gasteiger partial charge >= 0.3 is 12.3 Å². The molecule has 0 aliphatic carbocycles. The number of aliphatic hydroxyl groups is 1. The van der Waals surface area contributed by atoms with E-state index in [-0.39, 0.29) is 34.8 Å². The molecule has 0 bridgehead atoms. The molecule has 0 radical (unpaired) electrons. The van der Waals surface area contributed by atoms with Crippen molar-refractivity contribution in [1.29, 1.82) is 0 Å². The number of aromatic nitrogens is 1. The summed E-state index contributed by atoms with van der Waals surface area (Å²) in [6.45, 7) is 3.70. The van der Waals surface area contributed by atoms with Gasteiger partial charge in [-0.15, -0.1) is 0 Å². The number of hydrogen-bond acceptors (Lipinski definition) is 3. The minimum Gasteiger partial charge on any atom is -0.392 e. The van der Waals surface area contributed by atoms with Crippen molar-refractivity contribution >= 4 is 17.7 Å². The van der Waals surface area contributed by atoms with Crippen LogP contribution >= 0.6 is 11.6 Å². The Morgan fingerprint density at radius 3 is 2.31 bits per heavy atom. The van der Waals surface area contributed by atoms with Gasteiger partial charge in [-0.1, -0.05) is 41.9 Å². The number of hydrogen-bond donors (Lipinski definition) is 1. The van der Waals surface area contributed by atoms with Crippen molar-refractivity contribution in [3.05, 3.63) is 76.2 Å². The lowest BCUT2D eigenvalue weighted by molar-refractivity contribution is -0.144. The highest BCUT2D eigenvalue weighted by Crippen LogP contribution is 2.46. The first-order valence-electron chi connectivity index (χ1n) is 10.6. The van der Waals surface area contributed by atoms with Gasteiger partial charge in [-0.2, -0.15) is 13.2 Å². The minimum atomic E-state index is -4.83. The minimum absolute atomic E-state index is 0.0621. The molecule has 1 aromatic heterocycles. The summed E-state index contributed by atoms with van der Waals surface area (Å²) < 4.78 is 64.1. The van der Waals surface area contributed by atoms with Crippen molar-refractivity contribution in [2.75, 3.05) is 13.6 Å². The first-order chi connectivity index (χ1) is 16.2. The standard InChI is InChI=1S/C25H25ClF4N2O3/c1-15-20(18-11-10-17(26)12-19(18)27)22(35-23(33)31(4)14-24(2,3)34)32(21(15)25(28,29)30)13-16-8-6-5-7-9-16/h5-12,34H,13-14H2,1-4H3. The molecule has 1 heterocycles. The average molecular weight is 513 g/mol. The molecule has 3 rings (SSSR count). The van der Waals surface area contributed by atoms with Crippen molar-refractivity contribution in [2.45, 2.75) is 39.1 Å².